The molecule has 1 aromatic carbocycles. The number of rotatable bonds is 5. The first kappa shape index (κ1) is 18.5. The molecule has 3 rings (SSSR count). The van der Waals surface area contributed by atoms with Gasteiger partial charge in [-0.15, -0.1) is 0 Å². The fourth-order valence-electron chi connectivity index (χ4n) is 2.56. The van der Waals surface area contributed by atoms with Crippen LogP contribution in [0.25, 0.3) is 0 Å². The largest absolute Gasteiger partial charge is 0.345 e. The average Bonchev–Trinajstić information content (AvgIpc) is 3.08. The van der Waals surface area contributed by atoms with Gasteiger partial charge in [-0.2, -0.15) is 0 Å². The molecule has 0 unspecified atom stereocenters. The number of benzene rings is 1. The lowest BCUT2D eigenvalue weighted by Gasteiger charge is -2.11. The van der Waals surface area contributed by atoms with E-state index in [1.165, 1.54) is 10.6 Å². The molecular formula is C18H16N4O4S. The SMILES string of the molecule is Cc1ccc(C)c(Cn2cccc(C(=O)Nc3ncc([N+](=O)[O-])s3)c2=O)c1. The summed E-state index contributed by atoms with van der Waals surface area (Å²) in [5.74, 6) is -0.653. The van der Waals surface area contributed by atoms with Crippen molar-refractivity contribution in [2.24, 2.45) is 0 Å². The summed E-state index contributed by atoms with van der Waals surface area (Å²) in [6.07, 6.45) is 2.68. The first-order chi connectivity index (χ1) is 12.8. The number of amides is 1. The van der Waals surface area contributed by atoms with Crippen LogP contribution in [0.1, 0.15) is 27.0 Å². The van der Waals surface area contributed by atoms with Crippen LogP contribution in [0.3, 0.4) is 0 Å². The minimum Gasteiger partial charge on any atom is -0.310 e. The van der Waals surface area contributed by atoms with E-state index >= 15 is 0 Å². The van der Waals surface area contributed by atoms with Crippen molar-refractivity contribution in [3.8, 4) is 0 Å². The molecule has 3 aromatic rings. The van der Waals surface area contributed by atoms with Crippen LogP contribution in [0.15, 0.2) is 47.5 Å². The smallest absolute Gasteiger partial charge is 0.310 e. The zero-order chi connectivity index (χ0) is 19.6. The standard InChI is InChI=1S/C18H16N4O4S/c1-11-5-6-12(2)13(8-11)10-21-7-3-4-14(17(21)24)16(23)20-18-19-9-15(27-18)22(25)26/h3-9H,10H2,1-2H3,(H,19,20,23). The van der Waals surface area contributed by atoms with E-state index in [4.69, 9.17) is 0 Å². The number of carbonyl (C=O) groups excluding carboxylic acids is 1. The zero-order valence-electron chi connectivity index (χ0n) is 14.6. The maximum Gasteiger partial charge on any atom is 0.345 e. The van der Waals surface area contributed by atoms with Crippen molar-refractivity contribution in [1.82, 2.24) is 9.55 Å². The van der Waals surface area contributed by atoms with Gasteiger partial charge in [-0.05, 0) is 48.4 Å². The topological polar surface area (TPSA) is 107 Å². The third kappa shape index (κ3) is 4.09. The van der Waals surface area contributed by atoms with Crippen LogP contribution < -0.4 is 10.9 Å². The number of aromatic nitrogens is 2. The number of hydrogen-bond acceptors (Lipinski definition) is 6. The molecule has 0 atom stereocenters. The maximum absolute atomic E-state index is 12.7. The summed E-state index contributed by atoms with van der Waals surface area (Å²) < 4.78 is 1.46. The summed E-state index contributed by atoms with van der Waals surface area (Å²) in [7, 11) is 0. The van der Waals surface area contributed by atoms with Crippen LogP contribution in [-0.4, -0.2) is 20.4 Å². The monoisotopic (exact) mass is 384 g/mol. The summed E-state index contributed by atoms with van der Waals surface area (Å²) in [5, 5.41) is 13.0. The first-order valence-electron chi connectivity index (χ1n) is 8.02. The van der Waals surface area contributed by atoms with Crippen LogP contribution in [-0.2, 0) is 6.54 Å². The van der Waals surface area contributed by atoms with Gasteiger partial charge in [-0.3, -0.25) is 25.0 Å². The molecule has 9 heteroatoms. The molecule has 0 spiro atoms. The Bertz CT molecular complexity index is 1090. The maximum atomic E-state index is 12.7. The van der Waals surface area contributed by atoms with Crippen molar-refractivity contribution < 1.29 is 9.72 Å². The number of thiazole rings is 1. The zero-order valence-corrected chi connectivity index (χ0v) is 15.4. The van der Waals surface area contributed by atoms with Crippen molar-refractivity contribution >= 4 is 27.4 Å². The molecule has 0 aliphatic rings. The van der Waals surface area contributed by atoms with Gasteiger partial charge in [-0.25, -0.2) is 4.98 Å². The number of nitro groups is 1. The van der Waals surface area contributed by atoms with Gasteiger partial charge in [0, 0.05) is 6.20 Å². The lowest BCUT2D eigenvalue weighted by molar-refractivity contribution is -0.380. The lowest BCUT2D eigenvalue weighted by Crippen LogP contribution is -2.29. The molecular weight excluding hydrogens is 368 g/mol. The molecule has 8 nitrogen and oxygen atoms in total. The second-order valence-corrected chi connectivity index (χ2v) is 7.01. The van der Waals surface area contributed by atoms with Gasteiger partial charge in [-0.1, -0.05) is 23.8 Å². The Morgan fingerprint density at radius 2 is 2.11 bits per heavy atom. The molecule has 0 bridgehead atoms. The summed E-state index contributed by atoms with van der Waals surface area (Å²) in [6, 6.07) is 9.02. The highest BCUT2D eigenvalue weighted by Gasteiger charge is 2.17. The van der Waals surface area contributed by atoms with E-state index < -0.39 is 16.4 Å². The summed E-state index contributed by atoms with van der Waals surface area (Å²) in [4.78, 5) is 39.0. The minimum atomic E-state index is -0.653. The van der Waals surface area contributed by atoms with E-state index in [9.17, 15) is 19.7 Å². The molecule has 0 fully saturated rings. The number of pyridine rings is 1. The highest BCUT2D eigenvalue weighted by molar-refractivity contribution is 7.18. The van der Waals surface area contributed by atoms with Gasteiger partial charge in [0.1, 0.15) is 11.8 Å². The first-order valence-corrected chi connectivity index (χ1v) is 8.84. The van der Waals surface area contributed by atoms with Crippen LogP contribution in [0.4, 0.5) is 10.1 Å². The number of nitrogens with one attached hydrogen (secondary N) is 1. The van der Waals surface area contributed by atoms with Gasteiger partial charge in [0.25, 0.3) is 11.5 Å². The van der Waals surface area contributed by atoms with Crippen molar-refractivity contribution in [1.29, 1.82) is 0 Å². The van der Waals surface area contributed by atoms with Crippen molar-refractivity contribution in [3.05, 3.63) is 85.4 Å². The Kier molecular flexibility index (Phi) is 5.13. The van der Waals surface area contributed by atoms with Crippen molar-refractivity contribution in [3.63, 3.8) is 0 Å². The molecule has 0 radical (unpaired) electrons. The second-order valence-electron chi connectivity index (χ2n) is 6.00. The number of anilines is 1. The second kappa shape index (κ2) is 7.50. The van der Waals surface area contributed by atoms with Crippen molar-refractivity contribution in [2.45, 2.75) is 20.4 Å². The Morgan fingerprint density at radius 3 is 2.81 bits per heavy atom. The number of hydrogen-bond donors (Lipinski definition) is 1. The predicted octanol–water partition coefficient (Wildman–Crippen LogP) is 3.13. The minimum absolute atomic E-state index is 0.0549. The Balaban J connectivity index is 1.85. The van der Waals surface area contributed by atoms with E-state index in [0.717, 1.165) is 34.2 Å². The van der Waals surface area contributed by atoms with Crippen LogP contribution in [0.2, 0.25) is 0 Å². The van der Waals surface area contributed by atoms with Gasteiger partial charge in [0.2, 0.25) is 0 Å². The van der Waals surface area contributed by atoms with Crippen molar-refractivity contribution in [2.75, 3.05) is 5.32 Å². The van der Waals surface area contributed by atoms with Gasteiger partial charge >= 0.3 is 5.00 Å². The molecule has 0 aliphatic carbocycles. The molecule has 27 heavy (non-hydrogen) atoms. The summed E-state index contributed by atoms with van der Waals surface area (Å²) >= 11 is 0.729. The molecule has 2 aromatic heterocycles. The van der Waals surface area contributed by atoms with Gasteiger partial charge in [0.05, 0.1) is 11.5 Å². The molecule has 0 saturated heterocycles. The van der Waals surface area contributed by atoms with Gasteiger partial charge in [0.15, 0.2) is 5.13 Å². The normalized spacial score (nSPS) is 10.6. The van der Waals surface area contributed by atoms with E-state index in [0.29, 0.717) is 6.54 Å². The number of nitrogens with zero attached hydrogens (tertiary/aromatic N) is 3. The Morgan fingerprint density at radius 1 is 1.33 bits per heavy atom. The fourth-order valence-corrected chi connectivity index (χ4v) is 3.19. The predicted molar refractivity (Wildman–Crippen MR) is 102 cm³/mol. The van der Waals surface area contributed by atoms with E-state index in [-0.39, 0.29) is 15.7 Å². The van der Waals surface area contributed by atoms with E-state index in [1.807, 2.05) is 32.0 Å². The van der Waals surface area contributed by atoms with E-state index in [2.05, 4.69) is 10.3 Å². The highest BCUT2D eigenvalue weighted by Crippen LogP contribution is 2.25. The van der Waals surface area contributed by atoms with Crippen LogP contribution >= 0.6 is 11.3 Å². The van der Waals surface area contributed by atoms with E-state index in [1.54, 1.807) is 12.3 Å². The Hall–Kier alpha value is -3.33. The third-order valence-electron chi connectivity index (χ3n) is 4.00. The number of aryl methyl sites for hydroxylation is 2. The Labute approximate surface area is 158 Å². The van der Waals surface area contributed by atoms with Crippen LogP contribution in [0.5, 0.6) is 0 Å². The molecule has 1 amide bonds. The summed E-state index contributed by atoms with van der Waals surface area (Å²) in [5.41, 5.74) is 2.63. The molecule has 0 saturated carbocycles. The number of carbonyl (C=O) groups is 1. The average molecular weight is 384 g/mol. The molecule has 1 N–H and O–H groups in total. The molecule has 2 heterocycles. The summed E-state index contributed by atoms with van der Waals surface area (Å²) in [6.45, 7) is 4.28. The molecule has 138 valence electrons. The van der Waals surface area contributed by atoms with Gasteiger partial charge < -0.3 is 4.57 Å². The molecule has 0 aliphatic heterocycles. The third-order valence-corrected chi connectivity index (χ3v) is 4.87. The highest BCUT2D eigenvalue weighted by atomic mass is 32.1. The lowest BCUT2D eigenvalue weighted by atomic mass is 10.1. The fraction of sp³-hybridized carbons (Fsp3) is 0.167. The quantitative estimate of drug-likeness (QED) is 0.537. The van der Waals surface area contributed by atoms with Crippen LogP contribution in [0, 0.1) is 24.0 Å².